The summed E-state index contributed by atoms with van der Waals surface area (Å²) < 4.78 is 7.06. The Labute approximate surface area is 182 Å². The Hall–Kier alpha value is -3.17. The van der Waals surface area contributed by atoms with E-state index in [4.69, 9.17) is 4.74 Å². The van der Waals surface area contributed by atoms with Crippen LogP contribution >= 0.6 is 22.7 Å². The number of hydrogen-bond acceptors (Lipinski definition) is 8. The quantitative estimate of drug-likeness (QED) is 0.392. The van der Waals surface area contributed by atoms with Crippen molar-refractivity contribution >= 4 is 40.5 Å². The third-order valence-corrected chi connectivity index (χ3v) is 5.97. The van der Waals surface area contributed by atoms with Gasteiger partial charge in [0.25, 0.3) is 5.91 Å². The van der Waals surface area contributed by atoms with E-state index in [1.807, 2.05) is 65.4 Å². The number of benzene rings is 1. The molecule has 0 saturated carbocycles. The summed E-state index contributed by atoms with van der Waals surface area (Å²) in [5.74, 6) is 1.09. The van der Waals surface area contributed by atoms with Crippen molar-refractivity contribution in [2.24, 2.45) is 0 Å². The molecule has 0 unspecified atom stereocenters. The predicted molar refractivity (Wildman–Crippen MR) is 120 cm³/mol. The van der Waals surface area contributed by atoms with Crippen LogP contribution in [0.1, 0.15) is 21.5 Å². The number of anilines is 2. The minimum Gasteiger partial charge on any atom is -0.481 e. The smallest absolute Gasteiger partial charge is 0.290 e. The van der Waals surface area contributed by atoms with Crippen molar-refractivity contribution < 1.29 is 9.53 Å². The van der Waals surface area contributed by atoms with Crippen LogP contribution in [0.25, 0.3) is 0 Å². The average molecular weight is 440 g/mol. The van der Waals surface area contributed by atoms with E-state index in [0.29, 0.717) is 30.7 Å². The molecule has 0 bridgehead atoms. The monoisotopic (exact) mass is 439 g/mol. The summed E-state index contributed by atoms with van der Waals surface area (Å²) >= 11 is 3.28. The predicted octanol–water partition coefficient (Wildman–Crippen LogP) is 4.73. The zero-order valence-electron chi connectivity index (χ0n) is 16.3. The Balaban J connectivity index is 1.51. The summed E-state index contributed by atoms with van der Waals surface area (Å²) in [4.78, 5) is 19.8. The topological polar surface area (TPSA) is 81.1 Å². The van der Waals surface area contributed by atoms with Gasteiger partial charge in [-0.05, 0) is 41.9 Å². The number of ether oxygens (including phenoxy) is 1. The number of nitrogens with one attached hydrogen (secondary N) is 2. The number of nitrogens with zero attached hydrogens (tertiary/aromatic N) is 3. The number of hydrogen-bond donors (Lipinski definition) is 2. The first-order valence-electron chi connectivity index (χ1n) is 9.44. The van der Waals surface area contributed by atoms with Crippen molar-refractivity contribution in [3.8, 4) is 5.75 Å². The van der Waals surface area contributed by atoms with Crippen LogP contribution in [0.2, 0.25) is 0 Å². The molecule has 7 nitrogen and oxygen atoms in total. The zero-order chi connectivity index (χ0) is 20.8. The maximum atomic E-state index is 13.0. The molecule has 3 aromatic heterocycles. The Bertz CT molecular complexity index is 1060. The van der Waals surface area contributed by atoms with Gasteiger partial charge in [-0.15, -0.1) is 27.8 Å². The van der Waals surface area contributed by atoms with Crippen molar-refractivity contribution in [3.63, 3.8) is 0 Å². The second kappa shape index (κ2) is 9.55. The summed E-state index contributed by atoms with van der Waals surface area (Å²) in [5.41, 5.74) is 0. The fourth-order valence-corrected chi connectivity index (χ4v) is 4.03. The summed E-state index contributed by atoms with van der Waals surface area (Å²) in [6, 6.07) is 17.3. The summed E-state index contributed by atoms with van der Waals surface area (Å²) in [6.45, 7) is 2.86. The second-order valence-electron chi connectivity index (χ2n) is 6.45. The largest absolute Gasteiger partial charge is 0.481 e. The minimum atomic E-state index is -0.721. The maximum Gasteiger partial charge on any atom is 0.290 e. The van der Waals surface area contributed by atoms with Crippen LogP contribution < -0.4 is 15.4 Å². The number of carbonyl (C=O) groups excluding carboxylic acids is 1. The highest BCUT2D eigenvalue weighted by Crippen LogP contribution is 2.18. The van der Waals surface area contributed by atoms with Crippen LogP contribution in [0.15, 0.2) is 65.4 Å². The van der Waals surface area contributed by atoms with Crippen LogP contribution in [-0.4, -0.2) is 26.8 Å². The summed E-state index contributed by atoms with van der Waals surface area (Å²) in [5, 5.41) is 14.8. The van der Waals surface area contributed by atoms with E-state index in [-0.39, 0.29) is 5.91 Å². The van der Waals surface area contributed by atoms with E-state index >= 15 is 0 Å². The molecule has 0 amide bonds. The van der Waals surface area contributed by atoms with Crippen molar-refractivity contribution in [3.05, 3.63) is 75.1 Å². The third-order valence-electron chi connectivity index (χ3n) is 4.22. The number of thiophene rings is 2. The average Bonchev–Trinajstić information content (AvgIpc) is 3.53. The highest BCUT2D eigenvalue weighted by molar-refractivity contribution is 7.10. The van der Waals surface area contributed by atoms with Gasteiger partial charge in [0.1, 0.15) is 5.75 Å². The minimum absolute atomic E-state index is 0.302. The molecule has 0 saturated heterocycles. The van der Waals surface area contributed by atoms with E-state index in [9.17, 15) is 4.79 Å². The first-order chi connectivity index (χ1) is 14.7. The summed E-state index contributed by atoms with van der Waals surface area (Å²) in [6.07, 6.45) is -0.721. The van der Waals surface area contributed by atoms with Crippen molar-refractivity contribution in [1.82, 2.24) is 14.8 Å². The molecule has 1 aromatic carbocycles. The Kier molecular flexibility index (Phi) is 6.41. The lowest BCUT2D eigenvalue weighted by Gasteiger charge is -2.14. The Morgan fingerprint density at radius 3 is 2.30 bits per heavy atom. The molecule has 0 aliphatic heterocycles. The molecule has 0 aliphatic carbocycles. The van der Waals surface area contributed by atoms with Crippen LogP contribution in [0.3, 0.4) is 0 Å². The van der Waals surface area contributed by atoms with Crippen LogP contribution in [0, 0.1) is 0 Å². The van der Waals surface area contributed by atoms with Gasteiger partial charge >= 0.3 is 0 Å². The highest BCUT2D eigenvalue weighted by atomic mass is 32.1. The molecule has 3 heterocycles. The molecular formula is C21H21N5O2S2. The number of rotatable bonds is 9. The van der Waals surface area contributed by atoms with E-state index in [1.165, 1.54) is 4.68 Å². The second-order valence-corrected chi connectivity index (χ2v) is 8.51. The number of para-hydroxylation sites is 1. The van der Waals surface area contributed by atoms with Crippen molar-refractivity contribution in [1.29, 1.82) is 0 Å². The lowest BCUT2D eigenvalue weighted by molar-refractivity contribution is 0.0713. The van der Waals surface area contributed by atoms with Crippen LogP contribution in [0.4, 0.5) is 11.9 Å². The standard InChI is InChI=1S/C21H21N5O2S2/c1-15(28-16-7-3-2-4-8-16)19(27)26-21(23-14-18-10-6-12-30-18)24-20(25-26)22-13-17-9-5-11-29-17/h2-12,15H,13-14H2,1H3,(H2,22,23,24,25)/t15-/m1/s1. The van der Waals surface area contributed by atoms with Gasteiger partial charge in [0.15, 0.2) is 6.10 Å². The van der Waals surface area contributed by atoms with Gasteiger partial charge in [0.05, 0.1) is 13.1 Å². The SMILES string of the molecule is C[C@@H](Oc1ccccc1)C(=O)n1nc(NCc2cccs2)nc1NCc1cccs1. The van der Waals surface area contributed by atoms with Gasteiger partial charge in [-0.3, -0.25) is 4.79 Å². The maximum absolute atomic E-state index is 13.0. The fraction of sp³-hybridized carbons (Fsp3) is 0.190. The molecule has 30 heavy (non-hydrogen) atoms. The van der Waals surface area contributed by atoms with Gasteiger partial charge in [0, 0.05) is 9.75 Å². The first kappa shape index (κ1) is 20.1. The lowest BCUT2D eigenvalue weighted by atomic mass is 10.3. The zero-order valence-corrected chi connectivity index (χ0v) is 18.0. The molecule has 9 heteroatoms. The lowest BCUT2D eigenvalue weighted by Crippen LogP contribution is -2.31. The molecule has 2 N–H and O–H groups in total. The Morgan fingerprint density at radius 1 is 1.00 bits per heavy atom. The molecule has 0 fully saturated rings. The number of carbonyl (C=O) groups is 1. The molecule has 1 atom stereocenters. The van der Waals surface area contributed by atoms with E-state index in [0.717, 1.165) is 9.75 Å². The molecule has 4 rings (SSSR count). The molecule has 0 radical (unpaired) electrons. The van der Waals surface area contributed by atoms with Gasteiger partial charge in [-0.1, -0.05) is 30.3 Å². The van der Waals surface area contributed by atoms with Gasteiger partial charge < -0.3 is 15.4 Å². The molecule has 4 aromatic rings. The number of aromatic nitrogens is 3. The normalized spacial score (nSPS) is 11.8. The van der Waals surface area contributed by atoms with E-state index in [1.54, 1.807) is 29.6 Å². The Morgan fingerprint density at radius 2 is 1.67 bits per heavy atom. The van der Waals surface area contributed by atoms with Crippen LogP contribution in [0.5, 0.6) is 5.75 Å². The highest BCUT2D eigenvalue weighted by Gasteiger charge is 2.23. The van der Waals surface area contributed by atoms with Gasteiger partial charge in [0.2, 0.25) is 11.9 Å². The van der Waals surface area contributed by atoms with Crippen molar-refractivity contribution in [2.75, 3.05) is 10.6 Å². The molecule has 0 spiro atoms. The molecular weight excluding hydrogens is 418 g/mol. The van der Waals surface area contributed by atoms with Crippen LogP contribution in [-0.2, 0) is 13.1 Å². The van der Waals surface area contributed by atoms with E-state index < -0.39 is 6.10 Å². The third kappa shape index (κ3) is 5.05. The van der Waals surface area contributed by atoms with E-state index in [2.05, 4.69) is 20.7 Å². The first-order valence-corrected chi connectivity index (χ1v) is 11.2. The fourth-order valence-electron chi connectivity index (χ4n) is 2.74. The molecule has 154 valence electrons. The van der Waals surface area contributed by atoms with Gasteiger partial charge in [-0.2, -0.15) is 9.67 Å². The molecule has 0 aliphatic rings. The van der Waals surface area contributed by atoms with Gasteiger partial charge in [-0.25, -0.2) is 0 Å². The van der Waals surface area contributed by atoms with Crippen molar-refractivity contribution in [2.45, 2.75) is 26.1 Å². The summed E-state index contributed by atoms with van der Waals surface area (Å²) in [7, 11) is 0.